The number of carboxylic acids is 1. The van der Waals surface area contributed by atoms with E-state index >= 15 is 0 Å². The van der Waals surface area contributed by atoms with Crippen molar-refractivity contribution >= 4 is 23.8 Å². The predicted octanol–water partition coefficient (Wildman–Crippen LogP) is 0.561. The van der Waals surface area contributed by atoms with Gasteiger partial charge in [-0.2, -0.15) is 0 Å². The molecule has 1 atom stereocenters. The van der Waals surface area contributed by atoms with Crippen molar-refractivity contribution in [1.82, 2.24) is 15.1 Å². The van der Waals surface area contributed by atoms with Crippen molar-refractivity contribution in [3.8, 4) is 0 Å². The predicted molar refractivity (Wildman–Crippen MR) is 80.5 cm³/mol. The molecule has 23 heavy (non-hydrogen) atoms. The second-order valence-corrected chi connectivity index (χ2v) is 6.16. The fourth-order valence-electron chi connectivity index (χ4n) is 2.97. The lowest BCUT2D eigenvalue weighted by Gasteiger charge is -2.28. The molecule has 2 fully saturated rings. The fourth-order valence-corrected chi connectivity index (χ4v) is 2.97. The molecule has 1 saturated carbocycles. The number of rotatable bonds is 7. The van der Waals surface area contributed by atoms with Crippen LogP contribution in [0.25, 0.3) is 0 Å². The molecule has 0 bridgehead atoms. The van der Waals surface area contributed by atoms with Crippen LogP contribution in [0.4, 0.5) is 4.79 Å². The Morgan fingerprint density at radius 3 is 2.30 bits per heavy atom. The van der Waals surface area contributed by atoms with Gasteiger partial charge in [0.05, 0.1) is 0 Å². The number of hydrogen-bond donors (Lipinski definition) is 2. The van der Waals surface area contributed by atoms with E-state index in [1.807, 2.05) is 0 Å². The molecule has 0 aromatic carbocycles. The zero-order chi connectivity index (χ0) is 17.4. The highest BCUT2D eigenvalue weighted by Crippen LogP contribution is 2.30. The van der Waals surface area contributed by atoms with Crippen molar-refractivity contribution in [2.45, 2.75) is 64.1 Å². The first-order chi connectivity index (χ1) is 10.8. The summed E-state index contributed by atoms with van der Waals surface area (Å²) in [7, 11) is 0. The molecule has 1 heterocycles. The molecule has 1 aliphatic carbocycles. The second-order valence-electron chi connectivity index (χ2n) is 6.16. The molecule has 8 nitrogen and oxygen atoms in total. The van der Waals surface area contributed by atoms with Gasteiger partial charge in [0.15, 0.2) is 0 Å². The van der Waals surface area contributed by atoms with E-state index in [0.717, 1.165) is 17.7 Å². The summed E-state index contributed by atoms with van der Waals surface area (Å²) in [6.45, 7) is 4.62. The summed E-state index contributed by atoms with van der Waals surface area (Å²) in [5.41, 5.74) is -0.958. The van der Waals surface area contributed by atoms with Crippen LogP contribution in [-0.2, 0) is 14.4 Å². The van der Waals surface area contributed by atoms with E-state index in [0.29, 0.717) is 12.8 Å². The van der Waals surface area contributed by atoms with Gasteiger partial charge >= 0.3 is 12.0 Å². The van der Waals surface area contributed by atoms with Crippen molar-refractivity contribution in [3.05, 3.63) is 0 Å². The van der Waals surface area contributed by atoms with E-state index < -0.39 is 41.9 Å². The minimum absolute atomic E-state index is 0.114. The number of carbonyl (C=O) groups is 4. The average molecular weight is 325 g/mol. The molecule has 0 radical (unpaired) electrons. The van der Waals surface area contributed by atoms with Crippen LogP contribution in [0, 0.1) is 0 Å². The Balaban J connectivity index is 2.14. The second kappa shape index (κ2) is 6.17. The van der Waals surface area contributed by atoms with Crippen molar-refractivity contribution < 1.29 is 24.3 Å². The Morgan fingerprint density at radius 2 is 1.91 bits per heavy atom. The summed E-state index contributed by atoms with van der Waals surface area (Å²) in [6, 6.07) is -1.68. The van der Waals surface area contributed by atoms with Crippen LogP contribution in [0.15, 0.2) is 0 Å². The summed E-state index contributed by atoms with van der Waals surface area (Å²) >= 11 is 0. The van der Waals surface area contributed by atoms with Gasteiger partial charge < -0.3 is 15.3 Å². The van der Waals surface area contributed by atoms with Crippen LogP contribution in [0.1, 0.15) is 46.5 Å². The third-order valence-corrected chi connectivity index (χ3v) is 4.75. The number of hydrogen-bond acceptors (Lipinski definition) is 4. The van der Waals surface area contributed by atoms with E-state index in [1.165, 1.54) is 11.8 Å². The lowest BCUT2D eigenvalue weighted by molar-refractivity contribution is -0.151. The number of carbonyl (C=O) groups excluding carboxylic acids is 3. The van der Waals surface area contributed by atoms with Crippen molar-refractivity contribution in [2.24, 2.45) is 0 Å². The molecule has 1 aliphatic heterocycles. The molecule has 2 rings (SSSR count). The van der Waals surface area contributed by atoms with Crippen LogP contribution in [0.5, 0.6) is 0 Å². The van der Waals surface area contributed by atoms with E-state index in [-0.39, 0.29) is 6.04 Å². The van der Waals surface area contributed by atoms with Crippen LogP contribution in [0.2, 0.25) is 0 Å². The first kappa shape index (κ1) is 17.2. The number of imide groups is 1. The van der Waals surface area contributed by atoms with E-state index in [4.69, 9.17) is 5.11 Å². The number of amides is 4. The molecule has 0 spiro atoms. The first-order valence-corrected chi connectivity index (χ1v) is 7.95. The largest absolute Gasteiger partial charge is 0.480 e. The van der Waals surface area contributed by atoms with Gasteiger partial charge in [0.1, 0.15) is 18.1 Å². The van der Waals surface area contributed by atoms with Gasteiger partial charge in [0.2, 0.25) is 5.91 Å². The molecule has 2 aliphatic rings. The van der Waals surface area contributed by atoms with Gasteiger partial charge in [-0.1, -0.05) is 13.8 Å². The molecule has 0 aromatic heterocycles. The van der Waals surface area contributed by atoms with Crippen LogP contribution >= 0.6 is 0 Å². The molecule has 1 saturated heterocycles. The van der Waals surface area contributed by atoms with Crippen molar-refractivity contribution in [1.29, 1.82) is 0 Å². The molecular formula is C15H23N3O5. The van der Waals surface area contributed by atoms with Gasteiger partial charge in [-0.3, -0.25) is 14.5 Å². The van der Waals surface area contributed by atoms with Gasteiger partial charge in [-0.25, -0.2) is 9.59 Å². The molecule has 4 amide bonds. The zero-order valence-corrected chi connectivity index (χ0v) is 13.7. The Morgan fingerprint density at radius 1 is 1.35 bits per heavy atom. The lowest BCUT2D eigenvalue weighted by Crippen LogP contribution is -2.50. The van der Waals surface area contributed by atoms with E-state index in [1.54, 1.807) is 13.8 Å². The summed E-state index contributed by atoms with van der Waals surface area (Å²) < 4.78 is 0. The van der Waals surface area contributed by atoms with Crippen LogP contribution in [-0.4, -0.2) is 62.9 Å². The highest BCUT2D eigenvalue weighted by Gasteiger charge is 2.50. The van der Waals surface area contributed by atoms with Crippen molar-refractivity contribution in [2.75, 3.05) is 6.54 Å². The minimum atomic E-state index is -1.10. The van der Waals surface area contributed by atoms with E-state index in [2.05, 4.69) is 5.32 Å². The van der Waals surface area contributed by atoms with E-state index in [9.17, 15) is 19.2 Å². The van der Waals surface area contributed by atoms with Gasteiger partial charge in [-0.05, 0) is 32.6 Å². The van der Waals surface area contributed by atoms with Gasteiger partial charge in [0, 0.05) is 6.04 Å². The maximum Gasteiger partial charge on any atom is 0.326 e. The van der Waals surface area contributed by atoms with Gasteiger partial charge in [-0.15, -0.1) is 0 Å². The molecule has 128 valence electrons. The number of aliphatic carboxylic acids is 1. The molecule has 8 heteroatoms. The quantitative estimate of drug-likeness (QED) is 0.665. The Bertz CT molecular complexity index is 539. The monoisotopic (exact) mass is 325 g/mol. The number of nitrogens with zero attached hydrogens (tertiary/aromatic N) is 2. The molecular weight excluding hydrogens is 302 g/mol. The Hall–Kier alpha value is -2.12. The van der Waals surface area contributed by atoms with Crippen LogP contribution in [0.3, 0.4) is 0 Å². The highest BCUT2D eigenvalue weighted by atomic mass is 16.4. The normalized spacial score (nSPS) is 21.1. The topological polar surface area (TPSA) is 107 Å². The highest BCUT2D eigenvalue weighted by molar-refractivity contribution is 6.09. The molecule has 0 aromatic rings. The standard InChI is InChI=1S/C15H23N3O5/c1-4-15(5-2)13(22)17(14(23)16-15)8-11(19)18(10-6-7-10)9(3)12(20)21/h9-10H,4-8H2,1-3H3,(H,16,23)(H,20,21). The summed E-state index contributed by atoms with van der Waals surface area (Å²) in [4.78, 5) is 50.4. The maximum absolute atomic E-state index is 12.5. The fraction of sp³-hybridized carbons (Fsp3) is 0.733. The summed E-state index contributed by atoms with van der Waals surface area (Å²) in [5.74, 6) is -2.02. The van der Waals surface area contributed by atoms with Crippen molar-refractivity contribution in [3.63, 3.8) is 0 Å². The first-order valence-electron chi connectivity index (χ1n) is 7.95. The number of nitrogens with one attached hydrogen (secondary N) is 1. The lowest BCUT2D eigenvalue weighted by atomic mass is 9.93. The maximum atomic E-state index is 12.5. The number of urea groups is 1. The smallest absolute Gasteiger partial charge is 0.326 e. The SMILES string of the molecule is CCC1(CC)NC(=O)N(CC(=O)N(C2CC2)C(C)C(=O)O)C1=O. The van der Waals surface area contributed by atoms with Gasteiger partial charge in [0.25, 0.3) is 5.91 Å². The molecule has 2 N–H and O–H groups in total. The third-order valence-electron chi connectivity index (χ3n) is 4.75. The Labute approximate surface area is 134 Å². The third kappa shape index (κ3) is 3.02. The summed E-state index contributed by atoms with van der Waals surface area (Å²) in [5, 5.41) is 11.8. The zero-order valence-electron chi connectivity index (χ0n) is 13.7. The summed E-state index contributed by atoms with van der Waals surface area (Å²) in [6.07, 6.45) is 2.38. The minimum Gasteiger partial charge on any atom is -0.480 e. The molecule has 1 unspecified atom stereocenters. The average Bonchev–Trinajstić information content (AvgIpc) is 3.30. The Kier molecular flexibility index (Phi) is 4.63. The number of carboxylic acid groups (broad SMARTS) is 1. The van der Waals surface area contributed by atoms with Crippen LogP contribution < -0.4 is 5.32 Å².